The van der Waals surface area contributed by atoms with Crippen molar-refractivity contribution in [3.05, 3.63) is 64.7 Å². The highest BCUT2D eigenvalue weighted by Gasteiger charge is 2.30. The van der Waals surface area contributed by atoms with Crippen LogP contribution in [0.1, 0.15) is 23.7 Å². The van der Waals surface area contributed by atoms with E-state index < -0.39 is 22.5 Å². The Bertz CT molecular complexity index is 1030. The molecule has 30 heavy (non-hydrogen) atoms. The zero-order valence-electron chi connectivity index (χ0n) is 16.4. The molecule has 4 nitrogen and oxygen atoms in total. The molecule has 0 fully saturated rings. The normalized spacial score (nSPS) is 12.6. The first kappa shape index (κ1) is 22.3. The van der Waals surface area contributed by atoms with Crippen molar-refractivity contribution in [1.29, 1.82) is 0 Å². The summed E-state index contributed by atoms with van der Waals surface area (Å²) in [5, 5.41) is 2.55. The largest absolute Gasteiger partial charge is 0.493 e. The van der Waals surface area contributed by atoms with Gasteiger partial charge in [-0.1, -0.05) is 18.2 Å². The summed E-state index contributed by atoms with van der Waals surface area (Å²) >= 11 is 1.40. The quantitative estimate of drug-likeness (QED) is 0.438. The van der Waals surface area contributed by atoms with Crippen LogP contribution in [-0.2, 0) is 28.5 Å². The van der Waals surface area contributed by atoms with E-state index in [0.717, 1.165) is 22.7 Å². The molecule has 0 amide bonds. The van der Waals surface area contributed by atoms with Gasteiger partial charge in [-0.25, -0.2) is 4.98 Å². The summed E-state index contributed by atoms with van der Waals surface area (Å²) in [6.07, 6.45) is -4.42. The minimum Gasteiger partial charge on any atom is -0.493 e. The van der Waals surface area contributed by atoms with Gasteiger partial charge >= 0.3 is 6.18 Å². The maximum Gasteiger partial charge on any atom is 0.416 e. The molecular weight excluding hydrogens is 435 g/mol. The van der Waals surface area contributed by atoms with Crippen molar-refractivity contribution in [3.63, 3.8) is 0 Å². The summed E-state index contributed by atoms with van der Waals surface area (Å²) < 4.78 is 61.8. The molecule has 1 atom stereocenters. The number of thiazole rings is 1. The highest BCUT2D eigenvalue weighted by atomic mass is 32.2. The van der Waals surface area contributed by atoms with Crippen molar-refractivity contribution in [3.8, 4) is 22.1 Å². The van der Waals surface area contributed by atoms with E-state index in [0.29, 0.717) is 29.4 Å². The second-order valence-electron chi connectivity index (χ2n) is 6.37. The molecule has 0 saturated carbocycles. The molecule has 9 heteroatoms. The van der Waals surface area contributed by atoms with Gasteiger partial charge in [-0.15, -0.1) is 11.3 Å². The topological polar surface area (TPSA) is 48.4 Å². The van der Waals surface area contributed by atoms with Crippen LogP contribution >= 0.6 is 11.3 Å². The maximum atomic E-state index is 12.8. The first-order chi connectivity index (χ1) is 14.3. The Kier molecular flexibility index (Phi) is 7.14. The van der Waals surface area contributed by atoms with Gasteiger partial charge in [0.1, 0.15) is 5.01 Å². The average Bonchev–Trinajstić information content (AvgIpc) is 3.16. The van der Waals surface area contributed by atoms with Crippen LogP contribution in [0, 0.1) is 0 Å². The number of benzene rings is 2. The van der Waals surface area contributed by atoms with Gasteiger partial charge in [0.25, 0.3) is 0 Å². The molecule has 160 valence electrons. The number of nitrogens with zero attached hydrogens (tertiary/aromatic N) is 1. The number of ether oxygens (including phenoxy) is 2. The van der Waals surface area contributed by atoms with Gasteiger partial charge in [0.2, 0.25) is 0 Å². The van der Waals surface area contributed by atoms with Crippen molar-refractivity contribution in [2.75, 3.05) is 13.7 Å². The Balaban J connectivity index is 1.69. The number of hydrogen-bond donors (Lipinski definition) is 0. The van der Waals surface area contributed by atoms with E-state index in [9.17, 15) is 17.4 Å². The number of halogens is 3. The zero-order valence-corrected chi connectivity index (χ0v) is 18.0. The Morgan fingerprint density at radius 1 is 1.10 bits per heavy atom. The molecule has 0 aliphatic heterocycles. The Hall–Kier alpha value is -2.39. The van der Waals surface area contributed by atoms with Gasteiger partial charge < -0.3 is 9.47 Å². The van der Waals surface area contributed by atoms with Crippen LogP contribution in [-0.4, -0.2) is 22.9 Å². The maximum absolute atomic E-state index is 12.8. The lowest BCUT2D eigenvalue weighted by Crippen LogP contribution is -2.06. The van der Waals surface area contributed by atoms with E-state index in [1.54, 1.807) is 13.2 Å². The van der Waals surface area contributed by atoms with E-state index in [1.807, 2.05) is 30.5 Å². The van der Waals surface area contributed by atoms with E-state index in [4.69, 9.17) is 9.47 Å². The summed E-state index contributed by atoms with van der Waals surface area (Å²) in [4.78, 5) is 4.52. The SMILES string of the molecule is CCOc1ccc(-c2nc(C[S@](=O)Cc3cccc(C(F)(F)F)c3)cs2)cc1OC. The van der Waals surface area contributed by atoms with Crippen LogP contribution in [0.2, 0.25) is 0 Å². The summed E-state index contributed by atoms with van der Waals surface area (Å²) in [6.45, 7) is 2.41. The van der Waals surface area contributed by atoms with Crippen molar-refractivity contribution in [2.45, 2.75) is 24.6 Å². The third kappa shape index (κ3) is 5.60. The molecule has 0 aliphatic rings. The summed E-state index contributed by atoms with van der Waals surface area (Å²) in [6, 6.07) is 10.4. The molecule has 2 aromatic carbocycles. The molecule has 0 aliphatic carbocycles. The molecular formula is C21H20F3NO3S2. The second-order valence-corrected chi connectivity index (χ2v) is 8.68. The summed E-state index contributed by atoms with van der Waals surface area (Å²) in [7, 11) is 0.181. The smallest absolute Gasteiger partial charge is 0.416 e. The predicted octanol–water partition coefficient (Wildman–Crippen LogP) is 5.69. The van der Waals surface area contributed by atoms with Gasteiger partial charge in [0.15, 0.2) is 11.5 Å². The standard InChI is InChI=1S/C21H20F3NO3S2/c1-3-28-18-8-7-15(10-19(18)27-2)20-25-17(11-29-20)13-30(26)12-14-5-4-6-16(9-14)21(22,23)24/h4-11H,3,12-13H2,1-2H3/t30-/m1/s1. The van der Waals surface area contributed by atoms with Crippen LogP contribution < -0.4 is 9.47 Å². The third-order valence-electron chi connectivity index (χ3n) is 4.15. The third-order valence-corrected chi connectivity index (χ3v) is 6.37. The van der Waals surface area contributed by atoms with Gasteiger partial charge in [-0.2, -0.15) is 13.2 Å². The molecule has 1 aromatic heterocycles. The fourth-order valence-electron chi connectivity index (χ4n) is 2.82. The fraction of sp³-hybridized carbons (Fsp3) is 0.286. The average molecular weight is 456 g/mol. The van der Waals surface area contributed by atoms with Crippen molar-refractivity contribution < 1.29 is 26.9 Å². The molecule has 0 radical (unpaired) electrons. The van der Waals surface area contributed by atoms with Crippen LogP contribution in [0.15, 0.2) is 47.8 Å². The number of methoxy groups -OCH3 is 1. The first-order valence-corrected chi connectivity index (χ1v) is 11.4. The Morgan fingerprint density at radius 3 is 2.60 bits per heavy atom. The number of hydrogen-bond acceptors (Lipinski definition) is 5. The van der Waals surface area contributed by atoms with Crippen molar-refractivity contribution >= 4 is 22.1 Å². The van der Waals surface area contributed by atoms with Crippen LogP contribution in [0.5, 0.6) is 11.5 Å². The molecule has 0 saturated heterocycles. The monoisotopic (exact) mass is 455 g/mol. The van der Waals surface area contributed by atoms with Crippen LogP contribution in [0.3, 0.4) is 0 Å². The summed E-state index contributed by atoms with van der Waals surface area (Å²) in [5.74, 6) is 1.44. The van der Waals surface area contributed by atoms with Gasteiger partial charge in [-0.3, -0.25) is 4.21 Å². The number of aromatic nitrogens is 1. The van der Waals surface area contributed by atoms with Gasteiger partial charge in [-0.05, 0) is 36.8 Å². The Labute approximate surface area is 179 Å². The lowest BCUT2D eigenvalue weighted by atomic mass is 10.1. The minimum absolute atomic E-state index is 0.0354. The van der Waals surface area contributed by atoms with E-state index in [-0.39, 0.29) is 11.5 Å². The highest BCUT2D eigenvalue weighted by Crippen LogP contribution is 2.34. The summed E-state index contributed by atoms with van der Waals surface area (Å²) in [5.41, 5.74) is 1.12. The van der Waals surface area contributed by atoms with E-state index >= 15 is 0 Å². The molecule has 0 N–H and O–H groups in total. The van der Waals surface area contributed by atoms with Gasteiger partial charge in [0, 0.05) is 27.5 Å². The van der Waals surface area contributed by atoms with Crippen LogP contribution in [0.25, 0.3) is 10.6 Å². The molecule has 0 bridgehead atoms. The van der Waals surface area contributed by atoms with Crippen molar-refractivity contribution in [2.24, 2.45) is 0 Å². The van der Waals surface area contributed by atoms with Crippen LogP contribution in [0.4, 0.5) is 13.2 Å². The molecule has 3 aromatic rings. The second kappa shape index (κ2) is 9.61. The number of rotatable bonds is 8. The highest BCUT2D eigenvalue weighted by molar-refractivity contribution is 7.83. The van der Waals surface area contributed by atoms with Crippen molar-refractivity contribution in [1.82, 2.24) is 4.98 Å². The van der Waals surface area contributed by atoms with E-state index in [2.05, 4.69) is 4.98 Å². The predicted molar refractivity (Wildman–Crippen MR) is 112 cm³/mol. The zero-order chi connectivity index (χ0) is 21.7. The molecule has 0 spiro atoms. The fourth-order valence-corrected chi connectivity index (χ4v) is 4.87. The first-order valence-electron chi connectivity index (χ1n) is 9.07. The molecule has 1 heterocycles. The van der Waals surface area contributed by atoms with E-state index in [1.165, 1.54) is 17.4 Å². The molecule has 0 unspecified atom stereocenters. The van der Waals surface area contributed by atoms with Gasteiger partial charge in [0.05, 0.1) is 30.7 Å². The Morgan fingerprint density at radius 2 is 1.90 bits per heavy atom. The lowest BCUT2D eigenvalue weighted by Gasteiger charge is -2.10. The number of alkyl halides is 3. The minimum atomic E-state index is -4.42. The lowest BCUT2D eigenvalue weighted by molar-refractivity contribution is -0.137. The molecule has 3 rings (SSSR count).